The van der Waals surface area contributed by atoms with Gasteiger partial charge < -0.3 is 19.3 Å². The molecule has 4 nitrogen and oxygen atoms in total. The smallest absolute Gasteiger partial charge is 0.184 e. The standard InChI is InChI=1S/C20H24O4S/c1-14-8-10-16(11-9-14)25-19-17(24-20(22-2)18(19)21)13-23-12-15-6-4-3-5-7-15/h3-11,17-21H,12-13H2,1-2H3/t17-,18-,19-,20-/m1/s1. The van der Waals surface area contributed by atoms with Gasteiger partial charge in [0.2, 0.25) is 0 Å². The van der Waals surface area contributed by atoms with Crippen LogP contribution in [0, 0.1) is 6.92 Å². The zero-order valence-electron chi connectivity index (χ0n) is 14.5. The molecule has 25 heavy (non-hydrogen) atoms. The van der Waals surface area contributed by atoms with E-state index in [0.717, 1.165) is 10.5 Å². The second kappa shape index (κ2) is 8.83. The van der Waals surface area contributed by atoms with E-state index >= 15 is 0 Å². The molecule has 1 N–H and O–H groups in total. The molecule has 134 valence electrons. The number of aryl methyl sites for hydroxylation is 1. The van der Waals surface area contributed by atoms with E-state index in [1.54, 1.807) is 18.9 Å². The SMILES string of the molecule is CO[C@@H]1O[C@H](COCc2ccccc2)[C@@H](Sc2ccc(C)cc2)[C@H]1O. The molecule has 0 spiro atoms. The Labute approximate surface area is 153 Å². The van der Waals surface area contributed by atoms with Gasteiger partial charge in [0.25, 0.3) is 0 Å². The van der Waals surface area contributed by atoms with E-state index in [0.29, 0.717) is 13.2 Å². The highest BCUT2D eigenvalue weighted by Gasteiger charge is 2.44. The molecule has 0 radical (unpaired) electrons. The second-order valence-electron chi connectivity index (χ2n) is 6.17. The minimum atomic E-state index is -0.693. The van der Waals surface area contributed by atoms with Gasteiger partial charge in [-0.15, -0.1) is 11.8 Å². The summed E-state index contributed by atoms with van der Waals surface area (Å²) in [6, 6.07) is 18.3. The van der Waals surface area contributed by atoms with Crippen LogP contribution in [-0.4, -0.2) is 42.6 Å². The number of hydrogen-bond acceptors (Lipinski definition) is 5. The Bertz CT molecular complexity index is 647. The monoisotopic (exact) mass is 360 g/mol. The Kier molecular flexibility index (Phi) is 6.51. The Morgan fingerprint density at radius 1 is 1.08 bits per heavy atom. The molecule has 0 aliphatic carbocycles. The fourth-order valence-corrected chi connectivity index (χ4v) is 3.99. The average Bonchev–Trinajstić information content (AvgIpc) is 2.93. The van der Waals surface area contributed by atoms with Crippen LogP contribution in [0.2, 0.25) is 0 Å². The molecule has 1 aliphatic rings. The maximum absolute atomic E-state index is 10.5. The third-order valence-corrected chi connectivity index (χ3v) is 5.61. The van der Waals surface area contributed by atoms with Gasteiger partial charge in [-0.05, 0) is 24.6 Å². The predicted molar refractivity (Wildman–Crippen MR) is 98.6 cm³/mol. The zero-order valence-corrected chi connectivity index (χ0v) is 15.3. The maximum atomic E-state index is 10.5. The van der Waals surface area contributed by atoms with Crippen LogP contribution in [0.5, 0.6) is 0 Å². The third kappa shape index (κ3) is 4.84. The van der Waals surface area contributed by atoms with Gasteiger partial charge in [0.05, 0.1) is 24.6 Å². The van der Waals surface area contributed by atoms with Crippen molar-refractivity contribution in [1.82, 2.24) is 0 Å². The van der Waals surface area contributed by atoms with Crippen LogP contribution in [-0.2, 0) is 20.8 Å². The minimum absolute atomic E-state index is 0.136. The molecule has 1 heterocycles. The first kappa shape index (κ1) is 18.4. The van der Waals surface area contributed by atoms with E-state index in [4.69, 9.17) is 14.2 Å². The maximum Gasteiger partial charge on any atom is 0.184 e. The van der Waals surface area contributed by atoms with Crippen LogP contribution in [0.25, 0.3) is 0 Å². The highest BCUT2D eigenvalue weighted by molar-refractivity contribution is 8.00. The number of hydrogen-bond donors (Lipinski definition) is 1. The zero-order chi connectivity index (χ0) is 17.6. The molecule has 3 rings (SSSR count). The summed E-state index contributed by atoms with van der Waals surface area (Å²) >= 11 is 1.61. The summed E-state index contributed by atoms with van der Waals surface area (Å²) in [6.45, 7) is 2.99. The number of benzene rings is 2. The Balaban J connectivity index is 1.61. The van der Waals surface area contributed by atoms with Crippen LogP contribution in [0.1, 0.15) is 11.1 Å². The van der Waals surface area contributed by atoms with Crippen LogP contribution in [0.3, 0.4) is 0 Å². The first-order valence-corrected chi connectivity index (χ1v) is 9.26. The predicted octanol–water partition coefficient (Wildman–Crippen LogP) is 3.40. The van der Waals surface area contributed by atoms with E-state index in [1.807, 2.05) is 30.3 Å². The van der Waals surface area contributed by atoms with E-state index in [-0.39, 0.29) is 11.4 Å². The van der Waals surface area contributed by atoms with E-state index in [2.05, 4.69) is 31.2 Å². The van der Waals surface area contributed by atoms with Crippen molar-refractivity contribution in [3.8, 4) is 0 Å². The number of aliphatic hydroxyl groups excluding tert-OH is 1. The summed E-state index contributed by atoms with van der Waals surface area (Å²) in [6.07, 6.45) is -1.54. The Morgan fingerprint density at radius 2 is 1.80 bits per heavy atom. The molecule has 2 aromatic rings. The van der Waals surface area contributed by atoms with Crippen molar-refractivity contribution in [2.75, 3.05) is 13.7 Å². The van der Waals surface area contributed by atoms with Crippen molar-refractivity contribution >= 4 is 11.8 Å². The van der Waals surface area contributed by atoms with Gasteiger partial charge in [-0.3, -0.25) is 0 Å². The highest BCUT2D eigenvalue weighted by Crippen LogP contribution is 2.36. The molecule has 0 aromatic heterocycles. The van der Waals surface area contributed by atoms with Crippen LogP contribution in [0.4, 0.5) is 0 Å². The van der Waals surface area contributed by atoms with Crippen molar-refractivity contribution in [2.24, 2.45) is 0 Å². The molecule has 2 aromatic carbocycles. The molecule has 1 aliphatic heterocycles. The van der Waals surface area contributed by atoms with Crippen LogP contribution >= 0.6 is 11.8 Å². The Morgan fingerprint density at radius 3 is 2.48 bits per heavy atom. The number of aliphatic hydroxyl groups is 1. The first-order valence-electron chi connectivity index (χ1n) is 8.38. The number of methoxy groups -OCH3 is 1. The van der Waals surface area contributed by atoms with Gasteiger partial charge in [0.15, 0.2) is 6.29 Å². The van der Waals surface area contributed by atoms with Gasteiger partial charge in [-0.1, -0.05) is 48.0 Å². The normalized spacial score (nSPS) is 26.0. The van der Waals surface area contributed by atoms with E-state index < -0.39 is 12.4 Å². The molecular formula is C20H24O4S. The van der Waals surface area contributed by atoms with Crippen molar-refractivity contribution in [3.63, 3.8) is 0 Å². The summed E-state index contributed by atoms with van der Waals surface area (Å²) in [5.41, 5.74) is 2.33. The lowest BCUT2D eigenvalue weighted by Gasteiger charge is -2.19. The van der Waals surface area contributed by atoms with Gasteiger partial charge in [-0.2, -0.15) is 0 Å². The number of ether oxygens (including phenoxy) is 3. The second-order valence-corrected chi connectivity index (χ2v) is 7.42. The molecule has 0 saturated carbocycles. The molecule has 5 heteroatoms. The summed E-state index contributed by atoms with van der Waals surface area (Å²) in [7, 11) is 1.55. The lowest BCUT2D eigenvalue weighted by atomic mass is 10.2. The highest BCUT2D eigenvalue weighted by atomic mass is 32.2. The van der Waals surface area contributed by atoms with E-state index in [9.17, 15) is 5.11 Å². The van der Waals surface area contributed by atoms with Gasteiger partial charge in [0, 0.05) is 12.0 Å². The molecule has 0 amide bonds. The van der Waals surface area contributed by atoms with Crippen LogP contribution in [0.15, 0.2) is 59.5 Å². The molecule has 0 bridgehead atoms. The molecule has 1 fully saturated rings. The van der Waals surface area contributed by atoms with Crippen molar-refractivity contribution < 1.29 is 19.3 Å². The van der Waals surface area contributed by atoms with Crippen molar-refractivity contribution in [3.05, 3.63) is 65.7 Å². The number of thioether (sulfide) groups is 1. The Hall–Kier alpha value is -1.37. The van der Waals surface area contributed by atoms with Crippen molar-refractivity contribution in [2.45, 2.75) is 42.2 Å². The van der Waals surface area contributed by atoms with Gasteiger partial charge in [-0.25, -0.2) is 0 Å². The summed E-state index contributed by atoms with van der Waals surface area (Å²) in [4.78, 5) is 1.10. The van der Waals surface area contributed by atoms with Crippen LogP contribution < -0.4 is 0 Å². The van der Waals surface area contributed by atoms with Gasteiger partial charge >= 0.3 is 0 Å². The fraction of sp³-hybridized carbons (Fsp3) is 0.400. The van der Waals surface area contributed by atoms with Gasteiger partial charge in [0.1, 0.15) is 6.10 Å². The summed E-state index contributed by atoms with van der Waals surface area (Å²) in [5, 5.41) is 10.4. The largest absolute Gasteiger partial charge is 0.387 e. The molecule has 1 saturated heterocycles. The minimum Gasteiger partial charge on any atom is -0.387 e. The molecule has 4 atom stereocenters. The molecule has 0 unspecified atom stereocenters. The average molecular weight is 360 g/mol. The van der Waals surface area contributed by atoms with Crippen molar-refractivity contribution in [1.29, 1.82) is 0 Å². The third-order valence-electron chi connectivity index (χ3n) is 4.21. The lowest BCUT2D eigenvalue weighted by molar-refractivity contribution is -0.156. The van der Waals surface area contributed by atoms with E-state index in [1.165, 1.54) is 5.56 Å². The topological polar surface area (TPSA) is 47.9 Å². The number of rotatable bonds is 7. The fourth-order valence-electron chi connectivity index (χ4n) is 2.82. The lowest BCUT2D eigenvalue weighted by Crippen LogP contribution is -2.32. The first-order chi connectivity index (χ1) is 12.2. The summed E-state index contributed by atoms with van der Waals surface area (Å²) in [5.74, 6) is 0. The molecular weight excluding hydrogens is 336 g/mol. The quantitative estimate of drug-likeness (QED) is 0.820. The summed E-state index contributed by atoms with van der Waals surface area (Å²) < 4.78 is 16.9.